The zero-order valence-corrected chi connectivity index (χ0v) is 11.0. The highest BCUT2D eigenvalue weighted by atomic mass is 16.4. The summed E-state index contributed by atoms with van der Waals surface area (Å²) in [5.74, 6) is -0.677. The summed E-state index contributed by atoms with van der Waals surface area (Å²) in [5.41, 5.74) is 4.51. The van der Waals surface area contributed by atoms with Gasteiger partial charge in [0.2, 0.25) is 0 Å². The van der Waals surface area contributed by atoms with Crippen molar-refractivity contribution in [1.82, 2.24) is 0 Å². The molecule has 0 bridgehead atoms. The van der Waals surface area contributed by atoms with Crippen molar-refractivity contribution in [3.8, 4) is 0 Å². The molecular formula is C16H22O2. The van der Waals surface area contributed by atoms with Gasteiger partial charge in [0, 0.05) is 6.42 Å². The fourth-order valence-corrected chi connectivity index (χ4v) is 2.72. The fraction of sp³-hybridized carbons (Fsp3) is 0.562. The summed E-state index contributed by atoms with van der Waals surface area (Å²) in [5, 5.41) is 8.56. The molecule has 0 saturated heterocycles. The van der Waals surface area contributed by atoms with Gasteiger partial charge in [0.1, 0.15) is 0 Å². The van der Waals surface area contributed by atoms with Crippen LogP contribution in [0.2, 0.25) is 0 Å². The molecule has 1 aromatic carbocycles. The minimum absolute atomic E-state index is 0.310. The summed E-state index contributed by atoms with van der Waals surface area (Å²) in [6.45, 7) is 0. The normalized spacial score (nSPS) is 14.2. The highest BCUT2D eigenvalue weighted by Gasteiger charge is 2.09. The van der Waals surface area contributed by atoms with E-state index >= 15 is 0 Å². The van der Waals surface area contributed by atoms with Crippen LogP contribution in [0.4, 0.5) is 0 Å². The van der Waals surface area contributed by atoms with Crippen LogP contribution in [0, 0.1) is 0 Å². The van der Waals surface area contributed by atoms with Crippen molar-refractivity contribution in [2.45, 2.75) is 57.8 Å². The van der Waals surface area contributed by atoms with Gasteiger partial charge in [-0.25, -0.2) is 0 Å². The third-order valence-corrected chi connectivity index (χ3v) is 3.77. The molecule has 0 heterocycles. The number of benzene rings is 1. The third kappa shape index (κ3) is 3.86. The van der Waals surface area contributed by atoms with Crippen LogP contribution in [-0.4, -0.2) is 11.1 Å². The van der Waals surface area contributed by atoms with E-state index in [1.54, 1.807) is 5.56 Å². The van der Waals surface area contributed by atoms with Gasteiger partial charge in [-0.1, -0.05) is 24.6 Å². The van der Waals surface area contributed by atoms with Crippen molar-refractivity contribution in [2.75, 3.05) is 0 Å². The Morgan fingerprint density at radius 3 is 2.61 bits per heavy atom. The Labute approximate surface area is 109 Å². The van der Waals surface area contributed by atoms with Crippen LogP contribution in [0.5, 0.6) is 0 Å². The van der Waals surface area contributed by atoms with E-state index in [1.165, 1.54) is 36.8 Å². The van der Waals surface area contributed by atoms with Crippen molar-refractivity contribution in [2.24, 2.45) is 0 Å². The van der Waals surface area contributed by atoms with Gasteiger partial charge in [0.15, 0.2) is 0 Å². The molecule has 0 atom stereocenters. The average molecular weight is 246 g/mol. The Morgan fingerprint density at radius 1 is 1.06 bits per heavy atom. The third-order valence-electron chi connectivity index (χ3n) is 3.77. The van der Waals surface area contributed by atoms with E-state index in [-0.39, 0.29) is 0 Å². The van der Waals surface area contributed by atoms with Gasteiger partial charge < -0.3 is 5.11 Å². The molecule has 1 aliphatic rings. The summed E-state index contributed by atoms with van der Waals surface area (Å²) in [6.07, 6.45) is 9.47. The molecule has 0 unspecified atom stereocenters. The number of carboxylic acids is 1. The van der Waals surface area contributed by atoms with E-state index in [1.807, 2.05) is 0 Å². The van der Waals surface area contributed by atoms with E-state index in [2.05, 4.69) is 18.2 Å². The van der Waals surface area contributed by atoms with Gasteiger partial charge in [0.05, 0.1) is 0 Å². The first-order chi connectivity index (χ1) is 8.75. The van der Waals surface area contributed by atoms with Crippen LogP contribution in [-0.2, 0) is 24.1 Å². The minimum Gasteiger partial charge on any atom is -0.481 e. The summed E-state index contributed by atoms with van der Waals surface area (Å²) in [7, 11) is 0. The largest absolute Gasteiger partial charge is 0.481 e. The van der Waals surface area contributed by atoms with E-state index in [9.17, 15) is 4.79 Å². The fourth-order valence-electron chi connectivity index (χ4n) is 2.72. The summed E-state index contributed by atoms with van der Waals surface area (Å²) >= 11 is 0. The summed E-state index contributed by atoms with van der Waals surface area (Å²) in [4.78, 5) is 10.4. The lowest BCUT2D eigenvalue weighted by molar-refractivity contribution is -0.137. The van der Waals surface area contributed by atoms with Crippen molar-refractivity contribution < 1.29 is 9.90 Å². The van der Waals surface area contributed by atoms with Gasteiger partial charge >= 0.3 is 5.97 Å². The molecule has 0 radical (unpaired) electrons. The Bertz CT molecular complexity index is 410. The lowest BCUT2D eigenvalue weighted by Gasteiger charge is -2.16. The summed E-state index contributed by atoms with van der Waals surface area (Å²) < 4.78 is 0. The minimum atomic E-state index is -0.677. The molecule has 1 aliphatic carbocycles. The number of hydrogen-bond donors (Lipinski definition) is 1. The van der Waals surface area contributed by atoms with E-state index < -0.39 is 5.97 Å². The van der Waals surface area contributed by atoms with E-state index in [4.69, 9.17) is 5.11 Å². The van der Waals surface area contributed by atoms with Crippen molar-refractivity contribution in [3.63, 3.8) is 0 Å². The molecule has 0 aliphatic heterocycles. The van der Waals surface area contributed by atoms with Crippen LogP contribution in [0.15, 0.2) is 18.2 Å². The predicted molar refractivity (Wildman–Crippen MR) is 72.9 cm³/mol. The number of carbonyl (C=O) groups is 1. The molecule has 18 heavy (non-hydrogen) atoms. The second-order valence-corrected chi connectivity index (χ2v) is 5.26. The molecular weight excluding hydrogens is 224 g/mol. The average Bonchev–Trinajstić information content (AvgIpc) is 2.38. The number of fused-ring (bicyclic) bond motifs is 1. The van der Waals surface area contributed by atoms with Gasteiger partial charge in [-0.15, -0.1) is 0 Å². The molecule has 98 valence electrons. The van der Waals surface area contributed by atoms with Crippen LogP contribution in [0.25, 0.3) is 0 Å². The smallest absolute Gasteiger partial charge is 0.303 e. The number of rotatable bonds is 6. The summed E-state index contributed by atoms with van der Waals surface area (Å²) in [6, 6.07) is 6.91. The maximum Gasteiger partial charge on any atom is 0.303 e. The zero-order chi connectivity index (χ0) is 12.8. The van der Waals surface area contributed by atoms with Gasteiger partial charge in [-0.3, -0.25) is 4.79 Å². The Kier molecular flexibility index (Phi) is 4.80. The van der Waals surface area contributed by atoms with Crippen LogP contribution < -0.4 is 0 Å². The maximum atomic E-state index is 10.4. The van der Waals surface area contributed by atoms with Crippen LogP contribution in [0.1, 0.15) is 55.2 Å². The first-order valence-corrected chi connectivity index (χ1v) is 7.08. The van der Waals surface area contributed by atoms with Gasteiger partial charge in [-0.05, 0) is 61.6 Å². The SMILES string of the molecule is O=C(O)CCCCCc1ccc2c(c1)CCCC2. The van der Waals surface area contributed by atoms with Gasteiger partial charge in [0.25, 0.3) is 0 Å². The molecule has 1 aromatic rings. The molecule has 0 amide bonds. The Balaban J connectivity index is 1.77. The highest BCUT2D eigenvalue weighted by molar-refractivity contribution is 5.66. The van der Waals surface area contributed by atoms with Crippen LogP contribution in [0.3, 0.4) is 0 Å². The molecule has 2 rings (SSSR count). The molecule has 0 aromatic heterocycles. The highest BCUT2D eigenvalue weighted by Crippen LogP contribution is 2.23. The molecule has 0 saturated carbocycles. The lowest BCUT2D eigenvalue weighted by atomic mass is 9.89. The quantitative estimate of drug-likeness (QED) is 0.776. The number of unbranched alkanes of at least 4 members (excludes halogenated alkanes) is 2. The first kappa shape index (κ1) is 13.1. The topological polar surface area (TPSA) is 37.3 Å². The van der Waals surface area contributed by atoms with Gasteiger partial charge in [-0.2, -0.15) is 0 Å². The molecule has 1 N–H and O–H groups in total. The first-order valence-electron chi connectivity index (χ1n) is 7.08. The zero-order valence-electron chi connectivity index (χ0n) is 11.0. The van der Waals surface area contributed by atoms with Crippen LogP contribution >= 0.6 is 0 Å². The van der Waals surface area contributed by atoms with Crippen molar-refractivity contribution in [1.29, 1.82) is 0 Å². The Hall–Kier alpha value is -1.31. The molecule has 0 spiro atoms. The molecule has 2 nitrogen and oxygen atoms in total. The predicted octanol–water partition coefficient (Wildman–Crippen LogP) is 3.75. The van der Waals surface area contributed by atoms with E-state index in [0.29, 0.717) is 6.42 Å². The maximum absolute atomic E-state index is 10.4. The number of hydrogen-bond acceptors (Lipinski definition) is 1. The molecule has 2 heteroatoms. The lowest BCUT2D eigenvalue weighted by Crippen LogP contribution is -2.03. The monoisotopic (exact) mass is 246 g/mol. The number of aliphatic carboxylic acids is 1. The Morgan fingerprint density at radius 2 is 1.83 bits per heavy atom. The number of aryl methyl sites for hydroxylation is 3. The van der Waals surface area contributed by atoms with E-state index in [0.717, 1.165) is 25.7 Å². The standard InChI is InChI=1S/C16H22O2/c17-16(18)9-3-1-2-6-13-10-11-14-7-4-5-8-15(14)12-13/h10-12H,1-9H2,(H,17,18). The number of carboxylic acid groups (broad SMARTS) is 1. The molecule has 0 fully saturated rings. The van der Waals surface area contributed by atoms with Crippen molar-refractivity contribution >= 4 is 5.97 Å². The second kappa shape index (κ2) is 6.58. The van der Waals surface area contributed by atoms with Crippen molar-refractivity contribution in [3.05, 3.63) is 34.9 Å². The second-order valence-electron chi connectivity index (χ2n) is 5.26.